The summed E-state index contributed by atoms with van der Waals surface area (Å²) in [5, 5.41) is 9.25. The third-order valence-corrected chi connectivity index (χ3v) is 2.17. The number of benzene rings is 1. The van der Waals surface area contributed by atoms with E-state index in [4.69, 9.17) is 4.74 Å². The van der Waals surface area contributed by atoms with Gasteiger partial charge in [0.25, 0.3) is 0 Å². The van der Waals surface area contributed by atoms with Gasteiger partial charge in [-0.1, -0.05) is 24.3 Å². The monoisotopic (exact) mass is 260 g/mol. The van der Waals surface area contributed by atoms with E-state index in [0.29, 0.717) is 5.75 Å². The summed E-state index contributed by atoms with van der Waals surface area (Å²) in [6.45, 7) is 1.94. The molecule has 2 rings (SSSR count). The second-order valence-electron chi connectivity index (χ2n) is 3.56. The van der Waals surface area contributed by atoms with Crippen molar-refractivity contribution in [1.82, 2.24) is 0 Å². The van der Waals surface area contributed by atoms with Crippen molar-refractivity contribution in [2.75, 3.05) is 7.11 Å². The zero-order valence-electron chi connectivity index (χ0n) is 10.9. The third kappa shape index (κ3) is 5.12. The predicted molar refractivity (Wildman–Crippen MR) is 74.3 cm³/mol. The molecule has 0 aliphatic heterocycles. The topological polar surface area (TPSA) is 59.7 Å². The lowest BCUT2D eigenvalue weighted by Gasteiger charge is -2.03. The Bertz CT molecular complexity index is 567. The zero-order valence-corrected chi connectivity index (χ0v) is 10.9. The van der Waals surface area contributed by atoms with Gasteiger partial charge in [-0.05, 0) is 30.7 Å². The van der Waals surface area contributed by atoms with E-state index in [-0.39, 0.29) is 11.4 Å². The normalized spacial score (nSPS) is 9.79. The minimum Gasteiger partial charge on any atom is -0.504 e. The van der Waals surface area contributed by atoms with Crippen LogP contribution in [-0.2, 0) is 0 Å². The summed E-state index contributed by atoms with van der Waals surface area (Å²) in [4.78, 5) is 10.1. The van der Waals surface area contributed by atoms with Gasteiger partial charge in [0.2, 0.25) is 0 Å². The Kier molecular flexibility index (Phi) is 5.95. The molecule has 100 valence electrons. The van der Waals surface area contributed by atoms with Crippen molar-refractivity contribution >= 4 is 6.08 Å². The quantitative estimate of drug-likeness (QED) is 0.901. The molecule has 0 aliphatic carbocycles. The Morgan fingerprint density at radius 2 is 2.05 bits per heavy atom. The highest BCUT2D eigenvalue weighted by molar-refractivity contribution is 5.55. The number of ether oxygens (including phenoxy) is 1. The number of aromatic hydroxyl groups is 1. The van der Waals surface area contributed by atoms with Crippen LogP contribution in [0.25, 0.3) is 6.08 Å². The Hall–Kier alpha value is -2.49. The van der Waals surface area contributed by atoms with Gasteiger partial charge in [-0.25, -0.2) is 4.79 Å². The van der Waals surface area contributed by atoms with Crippen LogP contribution in [0.5, 0.6) is 11.5 Å². The number of hydrogen-bond donors (Lipinski definition) is 1. The van der Waals surface area contributed by atoms with Crippen LogP contribution in [0.2, 0.25) is 0 Å². The van der Waals surface area contributed by atoms with Crippen molar-refractivity contribution in [3.8, 4) is 11.5 Å². The summed E-state index contributed by atoms with van der Waals surface area (Å²) < 4.78 is 9.32. The first kappa shape index (κ1) is 14.6. The molecule has 0 saturated carbocycles. The van der Waals surface area contributed by atoms with Crippen LogP contribution >= 0.6 is 0 Å². The highest BCUT2D eigenvalue weighted by Crippen LogP contribution is 2.26. The molecular weight excluding hydrogens is 244 g/mol. The van der Waals surface area contributed by atoms with Crippen molar-refractivity contribution < 1.29 is 14.3 Å². The standard InChI is InChI=1S/C10H12O2.C5H4O2/c1-3-4-8-5-6-9(11)10(7-8)12-2;6-5-3-1-2-4-7-5/h3-7,11H,1-2H3;1-4H/b4-3+;. The Morgan fingerprint density at radius 3 is 2.53 bits per heavy atom. The Labute approximate surface area is 111 Å². The first-order valence-corrected chi connectivity index (χ1v) is 5.71. The molecule has 0 spiro atoms. The van der Waals surface area contributed by atoms with E-state index in [0.717, 1.165) is 5.56 Å². The zero-order chi connectivity index (χ0) is 14.1. The molecule has 0 unspecified atom stereocenters. The van der Waals surface area contributed by atoms with Gasteiger partial charge in [-0.15, -0.1) is 0 Å². The summed E-state index contributed by atoms with van der Waals surface area (Å²) in [5.41, 5.74) is 0.717. The van der Waals surface area contributed by atoms with E-state index in [1.165, 1.54) is 19.4 Å². The number of methoxy groups -OCH3 is 1. The molecule has 4 nitrogen and oxygen atoms in total. The van der Waals surface area contributed by atoms with E-state index in [9.17, 15) is 9.90 Å². The Morgan fingerprint density at radius 1 is 1.26 bits per heavy atom. The van der Waals surface area contributed by atoms with Gasteiger partial charge in [-0.2, -0.15) is 0 Å². The van der Waals surface area contributed by atoms with Gasteiger partial charge in [0, 0.05) is 6.07 Å². The maximum absolute atomic E-state index is 10.1. The molecule has 2 aromatic rings. The average Bonchev–Trinajstić information content (AvgIpc) is 2.43. The second-order valence-corrected chi connectivity index (χ2v) is 3.56. The fourth-order valence-electron chi connectivity index (χ4n) is 1.32. The number of allylic oxidation sites excluding steroid dienone is 1. The number of phenols is 1. The SMILES string of the molecule is C/C=C/c1ccc(O)c(OC)c1.O=c1cccco1. The van der Waals surface area contributed by atoms with Crippen LogP contribution in [0.3, 0.4) is 0 Å². The van der Waals surface area contributed by atoms with Gasteiger partial charge < -0.3 is 14.3 Å². The van der Waals surface area contributed by atoms with E-state index in [1.807, 2.05) is 25.1 Å². The highest BCUT2D eigenvalue weighted by Gasteiger charge is 1.99. The van der Waals surface area contributed by atoms with Crippen LogP contribution in [0.15, 0.2) is 57.9 Å². The summed E-state index contributed by atoms with van der Waals surface area (Å²) >= 11 is 0. The fraction of sp³-hybridized carbons (Fsp3) is 0.133. The molecule has 1 aromatic heterocycles. The molecule has 0 fully saturated rings. The lowest BCUT2D eigenvalue weighted by molar-refractivity contribution is 0.373. The van der Waals surface area contributed by atoms with Gasteiger partial charge >= 0.3 is 5.63 Å². The lowest BCUT2D eigenvalue weighted by atomic mass is 10.2. The number of phenolic OH excluding ortho intramolecular Hbond substituents is 1. The third-order valence-electron chi connectivity index (χ3n) is 2.17. The van der Waals surface area contributed by atoms with E-state index in [2.05, 4.69) is 4.42 Å². The molecule has 1 N–H and O–H groups in total. The van der Waals surface area contributed by atoms with Crippen LogP contribution in [0.4, 0.5) is 0 Å². The molecule has 0 atom stereocenters. The summed E-state index contributed by atoms with van der Waals surface area (Å²) in [6.07, 6.45) is 5.23. The van der Waals surface area contributed by atoms with Crippen molar-refractivity contribution in [3.05, 3.63) is 64.7 Å². The summed E-state index contributed by atoms with van der Waals surface area (Å²) in [5.74, 6) is 0.677. The smallest absolute Gasteiger partial charge is 0.335 e. The molecule has 0 amide bonds. The van der Waals surface area contributed by atoms with Crippen LogP contribution < -0.4 is 10.4 Å². The van der Waals surface area contributed by atoms with Crippen molar-refractivity contribution in [3.63, 3.8) is 0 Å². The minimum absolute atomic E-state index is 0.172. The molecule has 1 aromatic carbocycles. The maximum atomic E-state index is 10.1. The molecule has 4 heteroatoms. The first-order valence-electron chi connectivity index (χ1n) is 5.71. The van der Waals surface area contributed by atoms with Gasteiger partial charge in [0.15, 0.2) is 11.5 Å². The lowest BCUT2D eigenvalue weighted by Crippen LogP contribution is -1.90. The van der Waals surface area contributed by atoms with Crippen LogP contribution in [0.1, 0.15) is 12.5 Å². The fourth-order valence-corrected chi connectivity index (χ4v) is 1.32. The molecule has 0 aliphatic rings. The molecule has 1 heterocycles. The van der Waals surface area contributed by atoms with E-state index >= 15 is 0 Å². The van der Waals surface area contributed by atoms with Crippen molar-refractivity contribution in [2.45, 2.75) is 6.92 Å². The molecule has 19 heavy (non-hydrogen) atoms. The van der Waals surface area contributed by atoms with Crippen molar-refractivity contribution in [2.24, 2.45) is 0 Å². The van der Waals surface area contributed by atoms with Gasteiger partial charge in [-0.3, -0.25) is 0 Å². The number of rotatable bonds is 2. The van der Waals surface area contributed by atoms with Crippen molar-refractivity contribution in [1.29, 1.82) is 0 Å². The first-order chi connectivity index (χ1) is 9.17. The maximum Gasteiger partial charge on any atom is 0.335 e. The van der Waals surface area contributed by atoms with Crippen LogP contribution in [-0.4, -0.2) is 12.2 Å². The average molecular weight is 260 g/mol. The largest absolute Gasteiger partial charge is 0.504 e. The summed E-state index contributed by atoms with van der Waals surface area (Å²) in [6, 6.07) is 9.88. The Balaban J connectivity index is 0.000000218. The van der Waals surface area contributed by atoms with E-state index < -0.39 is 0 Å². The van der Waals surface area contributed by atoms with Crippen LogP contribution in [0, 0.1) is 0 Å². The molecule has 0 radical (unpaired) electrons. The highest BCUT2D eigenvalue weighted by atomic mass is 16.5. The number of hydrogen-bond acceptors (Lipinski definition) is 4. The summed E-state index contributed by atoms with van der Waals surface area (Å²) in [7, 11) is 1.54. The van der Waals surface area contributed by atoms with Gasteiger partial charge in [0.1, 0.15) is 0 Å². The minimum atomic E-state index is -0.303. The second kappa shape index (κ2) is 7.76. The molecular formula is C15H16O4. The molecule has 0 bridgehead atoms. The van der Waals surface area contributed by atoms with Gasteiger partial charge in [0.05, 0.1) is 13.4 Å². The van der Waals surface area contributed by atoms with E-state index in [1.54, 1.807) is 24.3 Å². The molecule has 0 saturated heterocycles. The predicted octanol–water partition coefficient (Wildman–Crippen LogP) is 3.07.